The van der Waals surface area contributed by atoms with Gasteiger partial charge in [0, 0.05) is 18.2 Å². The molecule has 0 radical (unpaired) electrons. The molecule has 0 aromatic heterocycles. The zero-order chi connectivity index (χ0) is 20.7. The summed E-state index contributed by atoms with van der Waals surface area (Å²) in [5.41, 5.74) is 1.15. The molecule has 2 aliphatic rings. The molecule has 0 bridgehead atoms. The van der Waals surface area contributed by atoms with E-state index in [2.05, 4.69) is 21.6 Å². The van der Waals surface area contributed by atoms with Gasteiger partial charge < -0.3 is 15.4 Å². The molecule has 162 valence electrons. The molecule has 8 heteroatoms. The van der Waals surface area contributed by atoms with Gasteiger partial charge in [0.1, 0.15) is 5.75 Å². The maximum atomic E-state index is 11.8. The van der Waals surface area contributed by atoms with E-state index in [1.165, 1.54) is 19.3 Å². The van der Waals surface area contributed by atoms with Crippen LogP contribution in [0.5, 0.6) is 5.75 Å². The summed E-state index contributed by atoms with van der Waals surface area (Å²) in [5.74, 6) is 2.01. The third-order valence-electron chi connectivity index (χ3n) is 5.67. The molecule has 0 saturated carbocycles. The molecule has 2 saturated heterocycles. The van der Waals surface area contributed by atoms with Crippen molar-refractivity contribution >= 4 is 15.8 Å². The van der Waals surface area contributed by atoms with Gasteiger partial charge in [0.05, 0.1) is 31.2 Å². The van der Waals surface area contributed by atoms with Crippen molar-refractivity contribution in [3.63, 3.8) is 0 Å². The smallest absolute Gasteiger partial charge is 0.191 e. The molecular formula is C21H34N4O3S. The number of para-hydroxylation sites is 1. The average molecular weight is 423 g/mol. The van der Waals surface area contributed by atoms with Crippen LogP contribution >= 0.6 is 0 Å². The summed E-state index contributed by atoms with van der Waals surface area (Å²) >= 11 is 0. The largest absolute Gasteiger partial charge is 0.496 e. The lowest BCUT2D eigenvalue weighted by Crippen LogP contribution is -2.44. The van der Waals surface area contributed by atoms with Gasteiger partial charge in [0.25, 0.3) is 0 Å². The minimum absolute atomic E-state index is 0.0718. The Morgan fingerprint density at radius 2 is 2.03 bits per heavy atom. The zero-order valence-corrected chi connectivity index (χ0v) is 18.4. The molecule has 2 heterocycles. The average Bonchev–Trinajstić information content (AvgIpc) is 3.07. The van der Waals surface area contributed by atoms with Gasteiger partial charge in [-0.15, -0.1) is 0 Å². The molecular weight excluding hydrogens is 388 g/mol. The fourth-order valence-electron chi connectivity index (χ4n) is 4.18. The minimum atomic E-state index is -2.93. The van der Waals surface area contributed by atoms with Crippen LogP contribution in [0.2, 0.25) is 0 Å². The molecule has 3 rings (SSSR count). The van der Waals surface area contributed by atoms with Crippen molar-refractivity contribution in [2.75, 3.05) is 44.8 Å². The first-order valence-electron chi connectivity index (χ1n) is 10.6. The number of sulfone groups is 1. The molecule has 2 fully saturated rings. The number of nitrogens with zero attached hydrogens (tertiary/aromatic N) is 2. The van der Waals surface area contributed by atoms with Gasteiger partial charge in [-0.05, 0) is 45.3 Å². The summed E-state index contributed by atoms with van der Waals surface area (Å²) in [6.07, 6.45) is 4.31. The summed E-state index contributed by atoms with van der Waals surface area (Å²) in [6.45, 7) is 5.46. The number of benzene rings is 1. The number of guanidine groups is 1. The fourth-order valence-corrected chi connectivity index (χ4v) is 5.86. The number of ether oxygens (including phenoxy) is 1. The fraction of sp³-hybridized carbons (Fsp3) is 0.667. The second-order valence-electron chi connectivity index (χ2n) is 7.82. The summed E-state index contributed by atoms with van der Waals surface area (Å²) in [4.78, 5) is 7.35. The van der Waals surface area contributed by atoms with Gasteiger partial charge in [-0.25, -0.2) is 8.42 Å². The van der Waals surface area contributed by atoms with Crippen LogP contribution in [-0.2, 0) is 9.84 Å². The third kappa shape index (κ3) is 6.09. The van der Waals surface area contributed by atoms with Gasteiger partial charge >= 0.3 is 0 Å². The Morgan fingerprint density at radius 1 is 1.28 bits per heavy atom. The summed E-state index contributed by atoms with van der Waals surface area (Å²) in [5, 5.41) is 6.59. The van der Waals surface area contributed by atoms with E-state index in [9.17, 15) is 8.42 Å². The first-order chi connectivity index (χ1) is 14.0. The number of nitrogens with one attached hydrogen (secondary N) is 2. The van der Waals surface area contributed by atoms with Crippen LogP contribution in [-0.4, -0.2) is 70.1 Å². The Hall–Kier alpha value is -1.80. The number of methoxy groups -OCH3 is 1. The van der Waals surface area contributed by atoms with Crippen molar-refractivity contribution < 1.29 is 13.2 Å². The second-order valence-corrected chi connectivity index (χ2v) is 10.0. The highest BCUT2D eigenvalue weighted by atomic mass is 32.2. The topological polar surface area (TPSA) is 83.0 Å². The van der Waals surface area contributed by atoms with Crippen LogP contribution in [0, 0.1) is 0 Å². The van der Waals surface area contributed by atoms with Gasteiger partial charge in [-0.3, -0.25) is 9.89 Å². The Kier molecular flexibility index (Phi) is 7.77. The van der Waals surface area contributed by atoms with Crippen molar-refractivity contribution in [3.05, 3.63) is 29.8 Å². The second kappa shape index (κ2) is 10.3. The maximum Gasteiger partial charge on any atom is 0.191 e. The highest BCUT2D eigenvalue weighted by Crippen LogP contribution is 2.31. The zero-order valence-electron chi connectivity index (χ0n) is 17.6. The molecule has 0 amide bonds. The molecule has 2 atom stereocenters. The van der Waals surface area contributed by atoms with E-state index in [1.807, 2.05) is 25.1 Å². The van der Waals surface area contributed by atoms with Crippen molar-refractivity contribution in [2.24, 2.45) is 4.99 Å². The lowest BCUT2D eigenvalue weighted by Gasteiger charge is -2.34. The first-order valence-corrected chi connectivity index (χ1v) is 12.5. The van der Waals surface area contributed by atoms with E-state index in [-0.39, 0.29) is 23.6 Å². The van der Waals surface area contributed by atoms with Crippen molar-refractivity contribution in [2.45, 2.75) is 44.7 Å². The number of piperidine rings is 1. The van der Waals surface area contributed by atoms with Crippen LogP contribution in [0.4, 0.5) is 0 Å². The van der Waals surface area contributed by atoms with Crippen LogP contribution in [0.25, 0.3) is 0 Å². The normalized spacial score (nSPS) is 23.5. The molecule has 0 aliphatic carbocycles. The summed E-state index contributed by atoms with van der Waals surface area (Å²) in [7, 11) is -1.22. The predicted octanol–water partition coefficient (Wildman–Crippen LogP) is 1.96. The quantitative estimate of drug-likeness (QED) is 0.516. The van der Waals surface area contributed by atoms with Crippen molar-refractivity contribution in [3.8, 4) is 5.75 Å². The third-order valence-corrected chi connectivity index (χ3v) is 7.44. The summed E-state index contributed by atoms with van der Waals surface area (Å²) in [6, 6.07) is 8.23. The Bertz CT molecular complexity index is 791. The molecule has 7 nitrogen and oxygen atoms in total. The highest BCUT2D eigenvalue weighted by Gasteiger charge is 2.29. The van der Waals surface area contributed by atoms with Crippen LogP contribution < -0.4 is 15.4 Å². The van der Waals surface area contributed by atoms with Crippen LogP contribution in [0.3, 0.4) is 0 Å². The van der Waals surface area contributed by atoms with E-state index in [4.69, 9.17) is 9.73 Å². The summed E-state index contributed by atoms with van der Waals surface area (Å²) < 4.78 is 29.2. The van der Waals surface area contributed by atoms with E-state index in [1.54, 1.807) is 7.11 Å². The maximum absolute atomic E-state index is 11.8. The van der Waals surface area contributed by atoms with Crippen molar-refractivity contribution in [1.82, 2.24) is 15.5 Å². The highest BCUT2D eigenvalue weighted by molar-refractivity contribution is 7.91. The lowest BCUT2D eigenvalue weighted by atomic mass is 10.0. The van der Waals surface area contributed by atoms with Crippen LogP contribution in [0.1, 0.15) is 44.2 Å². The number of rotatable bonds is 7. The molecule has 2 N–H and O–H groups in total. The molecule has 1 aromatic carbocycles. The Labute approximate surface area is 174 Å². The van der Waals surface area contributed by atoms with Crippen molar-refractivity contribution in [1.29, 1.82) is 0 Å². The Balaban J connectivity index is 1.79. The van der Waals surface area contributed by atoms with Crippen LogP contribution in [0.15, 0.2) is 29.3 Å². The van der Waals surface area contributed by atoms with E-state index >= 15 is 0 Å². The molecule has 2 aliphatic heterocycles. The standard InChI is InChI=1S/C21H34N4O3S/c1-3-22-21(24-17-11-14-29(26,27)16-17)23-15-19(25-12-7-4-8-13-25)18-9-5-6-10-20(18)28-2/h5-6,9-10,17,19H,3-4,7-8,11-16H2,1-2H3,(H2,22,23,24). The predicted molar refractivity (Wildman–Crippen MR) is 117 cm³/mol. The molecule has 0 spiro atoms. The van der Waals surface area contributed by atoms with Gasteiger partial charge in [-0.2, -0.15) is 0 Å². The number of aliphatic imine (C=N–C) groups is 1. The molecule has 2 unspecified atom stereocenters. The van der Waals surface area contributed by atoms with E-state index in [0.717, 1.165) is 30.9 Å². The monoisotopic (exact) mass is 422 g/mol. The first kappa shape index (κ1) is 21.9. The molecule has 1 aromatic rings. The van der Waals surface area contributed by atoms with Gasteiger partial charge in [0.15, 0.2) is 15.8 Å². The number of hydrogen-bond donors (Lipinski definition) is 2. The SMILES string of the molecule is CCNC(=NCC(c1ccccc1OC)N1CCCCC1)NC1CCS(=O)(=O)C1. The van der Waals surface area contributed by atoms with E-state index in [0.29, 0.717) is 18.9 Å². The van der Waals surface area contributed by atoms with Gasteiger partial charge in [0.2, 0.25) is 0 Å². The van der Waals surface area contributed by atoms with Gasteiger partial charge in [-0.1, -0.05) is 24.6 Å². The molecule has 29 heavy (non-hydrogen) atoms. The Morgan fingerprint density at radius 3 is 2.69 bits per heavy atom. The number of hydrogen-bond acceptors (Lipinski definition) is 5. The minimum Gasteiger partial charge on any atom is -0.496 e. The lowest BCUT2D eigenvalue weighted by molar-refractivity contribution is 0.165. The number of likely N-dealkylation sites (tertiary alicyclic amines) is 1. The van der Waals surface area contributed by atoms with E-state index < -0.39 is 9.84 Å².